The molecule has 1 N–H and O–H groups in total. The fourth-order valence-corrected chi connectivity index (χ4v) is 2.55. The van der Waals surface area contributed by atoms with Gasteiger partial charge in [-0.3, -0.25) is 5.32 Å². The standard InChI is InChI=1S/C15H18N2O/c1-15(2)8-10-4-3-5-12(14(10)18-15)13(9-16)17-11-6-7-11/h3-5,11,13,17H,6-8H2,1-2H3. The number of ether oxygens (including phenoxy) is 1. The highest BCUT2D eigenvalue weighted by Crippen LogP contribution is 2.40. The lowest BCUT2D eigenvalue weighted by atomic mass is 9.98. The summed E-state index contributed by atoms with van der Waals surface area (Å²) >= 11 is 0. The summed E-state index contributed by atoms with van der Waals surface area (Å²) in [6.07, 6.45) is 3.27. The fraction of sp³-hybridized carbons (Fsp3) is 0.533. The number of hydrogen-bond acceptors (Lipinski definition) is 3. The van der Waals surface area contributed by atoms with Gasteiger partial charge in [-0.1, -0.05) is 18.2 Å². The van der Waals surface area contributed by atoms with Crippen molar-refractivity contribution >= 4 is 0 Å². The number of fused-ring (bicyclic) bond motifs is 1. The first-order chi connectivity index (χ1) is 8.59. The number of para-hydroxylation sites is 1. The van der Waals surface area contributed by atoms with E-state index in [9.17, 15) is 5.26 Å². The molecule has 1 saturated carbocycles. The largest absolute Gasteiger partial charge is 0.487 e. The maximum absolute atomic E-state index is 9.35. The number of nitrogens with zero attached hydrogens (tertiary/aromatic N) is 1. The Balaban J connectivity index is 1.93. The zero-order valence-electron chi connectivity index (χ0n) is 10.9. The Morgan fingerprint density at radius 1 is 1.44 bits per heavy atom. The molecule has 0 aromatic heterocycles. The van der Waals surface area contributed by atoms with Crippen molar-refractivity contribution in [1.29, 1.82) is 5.26 Å². The van der Waals surface area contributed by atoms with Crippen molar-refractivity contribution in [1.82, 2.24) is 5.32 Å². The van der Waals surface area contributed by atoms with Crippen LogP contribution in [0.3, 0.4) is 0 Å². The average molecular weight is 242 g/mol. The van der Waals surface area contributed by atoms with Crippen molar-refractivity contribution < 1.29 is 4.74 Å². The van der Waals surface area contributed by atoms with Crippen molar-refractivity contribution in [3.63, 3.8) is 0 Å². The van der Waals surface area contributed by atoms with Crippen molar-refractivity contribution in [3.8, 4) is 11.8 Å². The molecule has 1 atom stereocenters. The van der Waals surface area contributed by atoms with Gasteiger partial charge in [-0.2, -0.15) is 5.26 Å². The molecule has 94 valence electrons. The first kappa shape index (κ1) is 11.6. The normalized spacial score (nSPS) is 21.8. The minimum absolute atomic E-state index is 0.155. The van der Waals surface area contributed by atoms with Gasteiger partial charge >= 0.3 is 0 Å². The van der Waals surface area contributed by atoms with Crippen LogP contribution >= 0.6 is 0 Å². The zero-order valence-corrected chi connectivity index (χ0v) is 10.9. The maximum atomic E-state index is 9.35. The third-order valence-corrected chi connectivity index (χ3v) is 3.54. The second-order valence-corrected chi connectivity index (χ2v) is 5.88. The predicted molar refractivity (Wildman–Crippen MR) is 69.4 cm³/mol. The van der Waals surface area contributed by atoms with Crippen LogP contribution in [0.15, 0.2) is 18.2 Å². The van der Waals surface area contributed by atoms with Crippen LogP contribution in [0.5, 0.6) is 5.75 Å². The lowest BCUT2D eigenvalue weighted by molar-refractivity contribution is 0.137. The molecule has 1 fully saturated rings. The summed E-state index contributed by atoms with van der Waals surface area (Å²) in [5, 5.41) is 12.7. The molecule has 2 aliphatic rings. The van der Waals surface area contributed by atoms with Crippen molar-refractivity contribution in [2.75, 3.05) is 0 Å². The molecule has 1 aliphatic carbocycles. The Morgan fingerprint density at radius 3 is 2.89 bits per heavy atom. The van der Waals surface area contributed by atoms with Crippen LogP contribution in [-0.2, 0) is 6.42 Å². The Bertz CT molecular complexity index is 512. The molecular formula is C15H18N2O. The molecule has 0 saturated heterocycles. The molecule has 1 heterocycles. The molecule has 0 bridgehead atoms. The van der Waals surface area contributed by atoms with Gasteiger partial charge in [0, 0.05) is 18.0 Å². The molecule has 0 amide bonds. The zero-order chi connectivity index (χ0) is 12.8. The highest BCUT2D eigenvalue weighted by Gasteiger charge is 2.34. The van der Waals surface area contributed by atoms with Gasteiger partial charge in [-0.15, -0.1) is 0 Å². The molecule has 3 nitrogen and oxygen atoms in total. The van der Waals surface area contributed by atoms with Gasteiger partial charge in [0.1, 0.15) is 17.4 Å². The van der Waals surface area contributed by atoms with Gasteiger partial charge in [-0.05, 0) is 32.3 Å². The Hall–Kier alpha value is -1.53. The summed E-state index contributed by atoms with van der Waals surface area (Å²) < 4.78 is 6.02. The van der Waals surface area contributed by atoms with E-state index < -0.39 is 0 Å². The summed E-state index contributed by atoms with van der Waals surface area (Å²) in [6.45, 7) is 4.18. The Kier molecular flexibility index (Phi) is 2.57. The van der Waals surface area contributed by atoms with E-state index in [-0.39, 0.29) is 11.6 Å². The highest BCUT2D eigenvalue weighted by atomic mass is 16.5. The van der Waals surface area contributed by atoms with Crippen LogP contribution < -0.4 is 10.1 Å². The molecule has 1 unspecified atom stereocenters. The van der Waals surface area contributed by atoms with Crippen molar-refractivity contribution in [2.24, 2.45) is 0 Å². The number of benzene rings is 1. The third-order valence-electron chi connectivity index (χ3n) is 3.54. The van der Waals surface area contributed by atoms with Crippen LogP contribution in [0.4, 0.5) is 0 Å². The van der Waals surface area contributed by atoms with E-state index in [1.807, 2.05) is 12.1 Å². The molecule has 3 heteroatoms. The summed E-state index contributed by atoms with van der Waals surface area (Å²) in [5.41, 5.74) is 2.06. The number of nitriles is 1. The molecule has 1 aromatic rings. The van der Waals surface area contributed by atoms with Gasteiger partial charge in [-0.25, -0.2) is 0 Å². The van der Waals surface area contributed by atoms with Crippen LogP contribution in [0.2, 0.25) is 0 Å². The van der Waals surface area contributed by atoms with Gasteiger partial charge in [0.05, 0.1) is 6.07 Å². The van der Waals surface area contributed by atoms with E-state index in [2.05, 4.69) is 31.3 Å². The van der Waals surface area contributed by atoms with Gasteiger partial charge in [0.2, 0.25) is 0 Å². The second kappa shape index (κ2) is 4.00. The first-order valence-electron chi connectivity index (χ1n) is 6.55. The topological polar surface area (TPSA) is 45.0 Å². The van der Waals surface area contributed by atoms with E-state index >= 15 is 0 Å². The molecule has 1 aliphatic heterocycles. The van der Waals surface area contributed by atoms with E-state index in [1.54, 1.807) is 0 Å². The van der Waals surface area contributed by atoms with Gasteiger partial charge in [0.25, 0.3) is 0 Å². The second-order valence-electron chi connectivity index (χ2n) is 5.88. The van der Waals surface area contributed by atoms with Crippen LogP contribution in [0.25, 0.3) is 0 Å². The SMILES string of the molecule is CC1(C)Cc2cccc(C(C#N)NC3CC3)c2O1. The first-order valence-corrected chi connectivity index (χ1v) is 6.55. The van der Waals surface area contributed by atoms with E-state index in [1.165, 1.54) is 18.4 Å². The monoisotopic (exact) mass is 242 g/mol. The molecule has 3 rings (SSSR count). The molecule has 0 spiro atoms. The predicted octanol–water partition coefficient (Wildman–Crippen LogP) is 2.72. The van der Waals surface area contributed by atoms with Crippen molar-refractivity contribution in [3.05, 3.63) is 29.3 Å². The third kappa shape index (κ3) is 2.09. The molecule has 1 aromatic carbocycles. The number of rotatable bonds is 3. The summed E-state index contributed by atoms with van der Waals surface area (Å²) in [6, 6.07) is 8.75. The van der Waals surface area contributed by atoms with Gasteiger partial charge < -0.3 is 4.74 Å². The van der Waals surface area contributed by atoms with E-state index in [4.69, 9.17) is 4.74 Å². The van der Waals surface area contributed by atoms with Crippen LogP contribution in [0.1, 0.15) is 43.9 Å². The quantitative estimate of drug-likeness (QED) is 0.886. The van der Waals surface area contributed by atoms with Crippen molar-refractivity contribution in [2.45, 2.75) is 50.8 Å². The number of nitrogens with one attached hydrogen (secondary N) is 1. The smallest absolute Gasteiger partial charge is 0.129 e. The lowest BCUT2D eigenvalue weighted by Gasteiger charge is -2.20. The van der Waals surface area contributed by atoms with Crippen LogP contribution in [0, 0.1) is 11.3 Å². The minimum Gasteiger partial charge on any atom is -0.487 e. The van der Waals surface area contributed by atoms with Crippen LogP contribution in [-0.4, -0.2) is 11.6 Å². The Morgan fingerprint density at radius 2 is 2.22 bits per heavy atom. The summed E-state index contributed by atoms with van der Waals surface area (Å²) in [7, 11) is 0. The summed E-state index contributed by atoms with van der Waals surface area (Å²) in [5.74, 6) is 0.919. The number of hydrogen-bond donors (Lipinski definition) is 1. The average Bonchev–Trinajstić information content (AvgIpc) is 3.06. The highest BCUT2D eigenvalue weighted by molar-refractivity contribution is 5.48. The molecule has 0 radical (unpaired) electrons. The lowest BCUT2D eigenvalue weighted by Crippen LogP contribution is -2.26. The minimum atomic E-state index is -0.249. The van der Waals surface area contributed by atoms with E-state index in [0.717, 1.165) is 17.7 Å². The fourth-order valence-electron chi connectivity index (χ4n) is 2.55. The maximum Gasteiger partial charge on any atom is 0.129 e. The Labute approximate surface area is 108 Å². The molecule has 18 heavy (non-hydrogen) atoms. The molecular weight excluding hydrogens is 224 g/mol. The van der Waals surface area contributed by atoms with Gasteiger partial charge in [0.15, 0.2) is 0 Å². The summed E-state index contributed by atoms with van der Waals surface area (Å²) in [4.78, 5) is 0. The van der Waals surface area contributed by atoms with E-state index in [0.29, 0.717) is 6.04 Å².